The summed E-state index contributed by atoms with van der Waals surface area (Å²) in [4.78, 5) is 11.0. The van der Waals surface area contributed by atoms with E-state index in [1.807, 2.05) is 18.5 Å². The van der Waals surface area contributed by atoms with Gasteiger partial charge in [0.2, 0.25) is 0 Å². The molecule has 3 aromatic rings. The molecule has 0 aliphatic heterocycles. The lowest BCUT2D eigenvalue weighted by Gasteiger charge is -2.01. The number of H-pyrrole nitrogens is 2. The molecule has 88 valence electrons. The summed E-state index contributed by atoms with van der Waals surface area (Å²) in [6.07, 6.45) is 10.5. The van der Waals surface area contributed by atoms with E-state index in [4.69, 9.17) is 0 Å². The van der Waals surface area contributed by atoms with Crippen LogP contribution in [0.4, 0.5) is 0 Å². The van der Waals surface area contributed by atoms with Crippen molar-refractivity contribution in [1.82, 2.24) is 15.0 Å². The Hall–Kier alpha value is -2.29. The highest BCUT2D eigenvalue weighted by Crippen LogP contribution is 2.30. The lowest BCUT2D eigenvalue weighted by molar-refractivity contribution is 0.985. The molecule has 0 bridgehead atoms. The first-order valence-corrected chi connectivity index (χ1v) is 6.23. The molecule has 2 N–H and O–H groups in total. The molecule has 0 radical (unpaired) electrons. The molecule has 4 rings (SSSR count). The third kappa shape index (κ3) is 1.34. The van der Waals surface area contributed by atoms with E-state index in [0.29, 0.717) is 0 Å². The maximum Gasteiger partial charge on any atom is 0.137 e. The summed E-state index contributed by atoms with van der Waals surface area (Å²) in [6.45, 7) is 0. The van der Waals surface area contributed by atoms with E-state index in [1.54, 1.807) is 0 Å². The molecular formula is C15H13N3. The van der Waals surface area contributed by atoms with Crippen LogP contribution in [0.5, 0.6) is 0 Å². The number of aromatic nitrogens is 3. The summed E-state index contributed by atoms with van der Waals surface area (Å²) < 4.78 is 0. The highest BCUT2D eigenvalue weighted by Gasteiger charge is 2.12. The quantitative estimate of drug-likeness (QED) is 0.666. The molecule has 0 amide bonds. The summed E-state index contributed by atoms with van der Waals surface area (Å²) >= 11 is 0. The van der Waals surface area contributed by atoms with Gasteiger partial charge in [-0.15, -0.1) is 0 Å². The Morgan fingerprint density at radius 1 is 1.28 bits per heavy atom. The Balaban J connectivity index is 1.92. The molecule has 3 nitrogen and oxygen atoms in total. The molecule has 1 aliphatic carbocycles. The zero-order valence-corrected chi connectivity index (χ0v) is 9.90. The van der Waals surface area contributed by atoms with E-state index in [2.05, 4.69) is 39.2 Å². The van der Waals surface area contributed by atoms with Crippen LogP contribution in [0.3, 0.4) is 0 Å². The maximum absolute atomic E-state index is 4.33. The third-order valence-corrected chi connectivity index (χ3v) is 3.54. The first-order valence-electron chi connectivity index (χ1n) is 6.23. The SMILES string of the molecule is C1=Cc2[nH]c(-c3c[nH]c4ncccc34)cc2CC1. The molecule has 0 unspecified atom stereocenters. The second kappa shape index (κ2) is 3.60. The third-order valence-electron chi connectivity index (χ3n) is 3.54. The zero-order valence-electron chi connectivity index (χ0n) is 9.90. The van der Waals surface area contributed by atoms with E-state index in [1.165, 1.54) is 27.9 Å². The second-order valence-electron chi connectivity index (χ2n) is 4.66. The summed E-state index contributed by atoms with van der Waals surface area (Å²) in [5.74, 6) is 0. The predicted octanol–water partition coefficient (Wildman–Crippen LogP) is 3.52. The lowest BCUT2D eigenvalue weighted by atomic mass is 10.0. The number of hydrogen-bond acceptors (Lipinski definition) is 1. The predicted molar refractivity (Wildman–Crippen MR) is 73.2 cm³/mol. The van der Waals surface area contributed by atoms with Crippen LogP contribution < -0.4 is 0 Å². The van der Waals surface area contributed by atoms with Crippen LogP contribution >= 0.6 is 0 Å². The van der Waals surface area contributed by atoms with Gasteiger partial charge in [0.15, 0.2) is 0 Å². The van der Waals surface area contributed by atoms with Gasteiger partial charge in [-0.3, -0.25) is 0 Å². The highest BCUT2D eigenvalue weighted by atomic mass is 14.8. The number of aromatic amines is 2. The number of aryl methyl sites for hydroxylation is 1. The monoisotopic (exact) mass is 235 g/mol. The number of rotatable bonds is 1. The second-order valence-corrected chi connectivity index (χ2v) is 4.66. The Bertz CT molecular complexity index is 746. The summed E-state index contributed by atoms with van der Waals surface area (Å²) in [7, 11) is 0. The molecule has 3 heteroatoms. The van der Waals surface area contributed by atoms with Crippen LogP contribution in [0.2, 0.25) is 0 Å². The zero-order chi connectivity index (χ0) is 11.9. The summed E-state index contributed by atoms with van der Waals surface area (Å²) in [5, 5.41) is 1.17. The van der Waals surface area contributed by atoms with Crippen molar-refractivity contribution in [2.45, 2.75) is 12.8 Å². The number of fused-ring (bicyclic) bond motifs is 2. The number of nitrogens with zero attached hydrogens (tertiary/aromatic N) is 1. The van der Waals surface area contributed by atoms with Gasteiger partial charge >= 0.3 is 0 Å². The van der Waals surface area contributed by atoms with Crippen LogP contribution in [0, 0.1) is 0 Å². The fourth-order valence-corrected chi connectivity index (χ4v) is 2.63. The Morgan fingerprint density at radius 3 is 3.22 bits per heavy atom. The highest BCUT2D eigenvalue weighted by molar-refractivity contribution is 5.92. The first kappa shape index (κ1) is 9.71. The normalized spacial score (nSPS) is 14.0. The fraction of sp³-hybridized carbons (Fsp3) is 0.133. The molecule has 0 spiro atoms. The molecule has 0 atom stereocenters. The van der Waals surface area contributed by atoms with Crippen LogP contribution in [0.25, 0.3) is 28.4 Å². The molecule has 18 heavy (non-hydrogen) atoms. The van der Waals surface area contributed by atoms with Gasteiger partial charge in [-0.05, 0) is 42.7 Å². The largest absolute Gasteiger partial charge is 0.355 e. The number of pyridine rings is 1. The number of hydrogen-bond donors (Lipinski definition) is 2. The van der Waals surface area contributed by atoms with Gasteiger partial charge in [0, 0.05) is 34.7 Å². The molecule has 0 saturated carbocycles. The number of nitrogens with one attached hydrogen (secondary N) is 2. The molecule has 0 fully saturated rings. The lowest BCUT2D eigenvalue weighted by Crippen LogP contribution is -1.88. The molecule has 3 heterocycles. The van der Waals surface area contributed by atoms with Crippen molar-refractivity contribution in [3.05, 3.63) is 47.9 Å². The Kier molecular flexibility index (Phi) is 1.94. The van der Waals surface area contributed by atoms with Gasteiger partial charge in [0.1, 0.15) is 5.65 Å². The van der Waals surface area contributed by atoms with Crippen molar-refractivity contribution in [3.8, 4) is 11.3 Å². The van der Waals surface area contributed by atoms with Crippen LogP contribution in [0.15, 0.2) is 36.7 Å². The minimum atomic E-state index is 0.940. The maximum atomic E-state index is 4.33. The summed E-state index contributed by atoms with van der Waals surface area (Å²) in [6, 6.07) is 6.33. The van der Waals surface area contributed by atoms with Gasteiger partial charge in [-0.2, -0.15) is 0 Å². The van der Waals surface area contributed by atoms with E-state index in [0.717, 1.165) is 18.5 Å². The average molecular weight is 235 g/mol. The molecule has 1 aliphatic rings. The van der Waals surface area contributed by atoms with E-state index in [9.17, 15) is 0 Å². The Morgan fingerprint density at radius 2 is 2.28 bits per heavy atom. The number of allylic oxidation sites excluding steroid dienone is 1. The average Bonchev–Trinajstić information content (AvgIpc) is 3.02. The minimum Gasteiger partial charge on any atom is -0.355 e. The smallest absolute Gasteiger partial charge is 0.137 e. The molecule has 3 aromatic heterocycles. The molecule has 0 saturated heterocycles. The van der Waals surface area contributed by atoms with Crippen LogP contribution in [-0.2, 0) is 6.42 Å². The van der Waals surface area contributed by atoms with Crippen molar-refractivity contribution in [3.63, 3.8) is 0 Å². The van der Waals surface area contributed by atoms with Crippen molar-refractivity contribution in [2.75, 3.05) is 0 Å². The van der Waals surface area contributed by atoms with Crippen molar-refractivity contribution >= 4 is 17.1 Å². The van der Waals surface area contributed by atoms with Gasteiger partial charge in [-0.25, -0.2) is 4.98 Å². The van der Waals surface area contributed by atoms with Gasteiger partial charge in [-0.1, -0.05) is 6.08 Å². The van der Waals surface area contributed by atoms with Crippen LogP contribution in [-0.4, -0.2) is 15.0 Å². The molecular weight excluding hydrogens is 222 g/mol. The van der Waals surface area contributed by atoms with Gasteiger partial charge in [0.05, 0.1) is 0 Å². The van der Waals surface area contributed by atoms with E-state index < -0.39 is 0 Å². The van der Waals surface area contributed by atoms with Gasteiger partial charge < -0.3 is 9.97 Å². The van der Waals surface area contributed by atoms with Gasteiger partial charge in [0.25, 0.3) is 0 Å². The van der Waals surface area contributed by atoms with Crippen molar-refractivity contribution < 1.29 is 0 Å². The van der Waals surface area contributed by atoms with E-state index >= 15 is 0 Å². The summed E-state index contributed by atoms with van der Waals surface area (Å²) in [5.41, 5.74) is 5.96. The minimum absolute atomic E-state index is 0.940. The van der Waals surface area contributed by atoms with E-state index in [-0.39, 0.29) is 0 Å². The fourth-order valence-electron chi connectivity index (χ4n) is 2.63. The topological polar surface area (TPSA) is 44.5 Å². The standard InChI is InChI=1S/C15H13N3/c1-2-6-13-10(4-1)8-14(18-13)12-9-17-15-11(12)5-3-7-16-15/h2-3,5-9,18H,1,4H2,(H,16,17). The van der Waals surface area contributed by atoms with Crippen molar-refractivity contribution in [1.29, 1.82) is 0 Å². The first-order chi connectivity index (χ1) is 8.92. The van der Waals surface area contributed by atoms with Crippen molar-refractivity contribution in [2.24, 2.45) is 0 Å². The Labute approximate surface area is 105 Å². The molecule has 0 aromatic carbocycles. The van der Waals surface area contributed by atoms with Crippen LogP contribution in [0.1, 0.15) is 17.7 Å².